The molecule has 4 rings (SSSR count). The first-order valence-electron chi connectivity index (χ1n) is 9.35. The van der Waals surface area contributed by atoms with Crippen LogP contribution in [0.2, 0.25) is 0 Å². The number of carbonyl (C=O) groups is 2. The molecule has 5 nitrogen and oxygen atoms in total. The van der Waals surface area contributed by atoms with Gasteiger partial charge < -0.3 is 9.80 Å². The molecular formula is C21H23N3O2. The first-order valence-corrected chi connectivity index (χ1v) is 9.35. The van der Waals surface area contributed by atoms with E-state index in [2.05, 4.69) is 4.98 Å². The zero-order chi connectivity index (χ0) is 17.9. The molecule has 2 aliphatic heterocycles. The van der Waals surface area contributed by atoms with Gasteiger partial charge in [0.2, 0.25) is 5.91 Å². The number of aromatic nitrogens is 1. The lowest BCUT2D eigenvalue weighted by atomic mass is 9.95. The van der Waals surface area contributed by atoms with Crippen LogP contribution in [0.15, 0.2) is 48.8 Å². The predicted octanol–water partition coefficient (Wildman–Crippen LogP) is 3.58. The van der Waals surface area contributed by atoms with Crippen molar-refractivity contribution in [3.8, 4) is 0 Å². The smallest absolute Gasteiger partial charge is 0.254 e. The molecule has 0 bridgehead atoms. The fraction of sp³-hybridized carbons (Fsp3) is 0.381. The van der Waals surface area contributed by atoms with E-state index in [0.717, 1.165) is 50.0 Å². The van der Waals surface area contributed by atoms with E-state index in [-0.39, 0.29) is 17.9 Å². The number of nitrogens with zero attached hydrogens (tertiary/aromatic N) is 3. The van der Waals surface area contributed by atoms with Crippen LogP contribution in [0.5, 0.6) is 0 Å². The first-order chi connectivity index (χ1) is 12.7. The Labute approximate surface area is 153 Å². The summed E-state index contributed by atoms with van der Waals surface area (Å²) >= 11 is 0. The Morgan fingerprint density at radius 2 is 1.88 bits per heavy atom. The van der Waals surface area contributed by atoms with E-state index in [4.69, 9.17) is 0 Å². The molecule has 0 aliphatic carbocycles. The van der Waals surface area contributed by atoms with Crippen molar-refractivity contribution in [2.75, 3.05) is 18.0 Å². The number of carbonyl (C=O) groups excluding carboxylic acids is 2. The number of amides is 2. The molecule has 2 saturated heterocycles. The van der Waals surface area contributed by atoms with Crippen LogP contribution in [0, 0.1) is 0 Å². The van der Waals surface area contributed by atoms with Gasteiger partial charge in [-0.3, -0.25) is 14.6 Å². The highest BCUT2D eigenvalue weighted by molar-refractivity contribution is 5.97. The normalized spacial score (nSPS) is 20.5. The molecule has 2 aromatic rings. The number of benzene rings is 1. The number of likely N-dealkylation sites (tertiary alicyclic amines) is 1. The highest BCUT2D eigenvalue weighted by Gasteiger charge is 2.29. The highest BCUT2D eigenvalue weighted by atomic mass is 16.2. The van der Waals surface area contributed by atoms with Gasteiger partial charge in [-0.1, -0.05) is 6.07 Å². The molecule has 0 unspecified atom stereocenters. The van der Waals surface area contributed by atoms with Crippen LogP contribution in [0.4, 0.5) is 5.69 Å². The molecular weight excluding hydrogens is 326 g/mol. The van der Waals surface area contributed by atoms with E-state index in [0.29, 0.717) is 12.0 Å². The first kappa shape index (κ1) is 16.8. The summed E-state index contributed by atoms with van der Waals surface area (Å²) < 4.78 is 0. The average Bonchev–Trinajstić information content (AvgIpc) is 3.14. The van der Waals surface area contributed by atoms with E-state index in [1.54, 1.807) is 11.1 Å². The second-order valence-corrected chi connectivity index (χ2v) is 6.99. The monoisotopic (exact) mass is 349 g/mol. The summed E-state index contributed by atoms with van der Waals surface area (Å²) in [6.07, 6.45) is 8.26. The lowest BCUT2D eigenvalue weighted by Crippen LogP contribution is -2.38. The lowest BCUT2D eigenvalue weighted by Gasteiger charge is -2.36. The quantitative estimate of drug-likeness (QED) is 0.851. The molecule has 5 heteroatoms. The van der Waals surface area contributed by atoms with Crippen molar-refractivity contribution in [2.45, 2.75) is 38.1 Å². The van der Waals surface area contributed by atoms with E-state index >= 15 is 0 Å². The highest BCUT2D eigenvalue weighted by Crippen LogP contribution is 2.32. The number of rotatable bonds is 3. The molecule has 0 spiro atoms. The van der Waals surface area contributed by atoms with Crippen LogP contribution >= 0.6 is 0 Å². The molecule has 1 atom stereocenters. The molecule has 2 aliphatic rings. The van der Waals surface area contributed by atoms with Gasteiger partial charge in [0.1, 0.15) is 0 Å². The molecule has 3 heterocycles. The molecule has 0 saturated carbocycles. The van der Waals surface area contributed by atoms with Gasteiger partial charge >= 0.3 is 0 Å². The van der Waals surface area contributed by atoms with Crippen LogP contribution in [0.3, 0.4) is 0 Å². The Kier molecular flexibility index (Phi) is 4.69. The number of hydrogen-bond acceptors (Lipinski definition) is 3. The maximum Gasteiger partial charge on any atom is 0.254 e. The van der Waals surface area contributed by atoms with Crippen molar-refractivity contribution in [2.24, 2.45) is 0 Å². The van der Waals surface area contributed by atoms with Gasteiger partial charge in [0.05, 0.1) is 6.04 Å². The van der Waals surface area contributed by atoms with Crippen molar-refractivity contribution < 1.29 is 9.59 Å². The van der Waals surface area contributed by atoms with Crippen molar-refractivity contribution in [1.29, 1.82) is 0 Å². The maximum atomic E-state index is 13.1. The Hall–Kier alpha value is -2.69. The van der Waals surface area contributed by atoms with Gasteiger partial charge in [0, 0.05) is 43.2 Å². The van der Waals surface area contributed by atoms with E-state index in [9.17, 15) is 9.59 Å². The predicted molar refractivity (Wildman–Crippen MR) is 99.9 cm³/mol. The summed E-state index contributed by atoms with van der Waals surface area (Å²) in [5, 5.41) is 0. The van der Waals surface area contributed by atoms with E-state index < -0.39 is 0 Å². The minimum Gasteiger partial charge on any atom is -0.332 e. The van der Waals surface area contributed by atoms with Crippen LogP contribution in [-0.4, -0.2) is 34.8 Å². The van der Waals surface area contributed by atoms with Gasteiger partial charge in [0.25, 0.3) is 5.91 Å². The fourth-order valence-corrected chi connectivity index (χ4v) is 3.97. The van der Waals surface area contributed by atoms with Crippen molar-refractivity contribution >= 4 is 17.5 Å². The third kappa shape index (κ3) is 3.21. The summed E-state index contributed by atoms with van der Waals surface area (Å²) in [5.74, 6) is 0.217. The summed E-state index contributed by atoms with van der Waals surface area (Å²) in [7, 11) is 0. The van der Waals surface area contributed by atoms with Crippen molar-refractivity contribution in [3.63, 3.8) is 0 Å². The van der Waals surface area contributed by atoms with E-state index in [1.807, 2.05) is 47.5 Å². The second kappa shape index (κ2) is 7.28. The molecule has 2 fully saturated rings. The Balaban J connectivity index is 1.55. The summed E-state index contributed by atoms with van der Waals surface area (Å²) in [6.45, 7) is 1.53. The molecule has 0 N–H and O–H groups in total. The van der Waals surface area contributed by atoms with Gasteiger partial charge in [-0.05, 0) is 61.6 Å². The standard InChI is InChI=1S/C21H23N3O2/c25-20-7-4-14-23(20)18-10-8-16(9-11-18)21(26)24-13-2-1-6-19(24)17-5-3-12-22-15-17/h3,5,8-12,15,19H,1-2,4,6-7,13-14H2/t19-/m0/s1. The lowest BCUT2D eigenvalue weighted by molar-refractivity contribution is -0.117. The van der Waals surface area contributed by atoms with Gasteiger partial charge in [0.15, 0.2) is 0 Å². The zero-order valence-corrected chi connectivity index (χ0v) is 14.8. The number of piperidine rings is 1. The SMILES string of the molecule is O=C1CCCN1c1ccc(C(=O)N2CCCC[C@H]2c2cccnc2)cc1. The summed E-state index contributed by atoms with van der Waals surface area (Å²) in [4.78, 5) is 33.0. The maximum absolute atomic E-state index is 13.1. The van der Waals surface area contributed by atoms with Gasteiger partial charge in [-0.15, -0.1) is 0 Å². The third-order valence-electron chi connectivity index (χ3n) is 5.33. The molecule has 0 radical (unpaired) electrons. The average molecular weight is 349 g/mol. The number of anilines is 1. The molecule has 1 aromatic carbocycles. The Bertz CT molecular complexity index is 789. The Morgan fingerprint density at radius 3 is 2.58 bits per heavy atom. The third-order valence-corrected chi connectivity index (χ3v) is 5.33. The number of hydrogen-bond donors (Lipinski definition) is 0. The largest absolute Gasteiger partial charge is 0.332 e. The summed E-state index contributed by atoms with van der Waals surface area (Å²) in [5.41, 5.74) is 2.66. The minimum atomic E-state index is 0.0536. The van der Waals surface area contributed by atoms with Crippen molar-refractivity contribution in [1.82, 2.24) is 9.88 Å². The van der Waals surface area contributed by atoms with Crippen LogP contribution < -0.4 is 4.90 Å². The van der Waals surface area contributed by atoms with Gasteiger partial charge in [-0.2, -0.15) is 0 Å². The molecule has 1 aromatic heterocycles. The van der Waals surface area contributed by atoms with Crippen LogP contribution in [0.25, 0.3) is 0 Å². The molecule has 26 heavy (non-hydrogen) atoms. The van der Waals surface area contributed by atoms with Crippen LogP contribution in [-0.2, 0) is 4.79 Å². The zero-order valence-electron chi connectivity index (χ0n) is 14.8. The summed E-state index contributed by atoms with van der Waals surface area (Å²) in [6, 6.07) is 11.5. The topological polar surface area (TPSA) is 53.5 Å². The van der Waals surface area contributed by atoms with Crippen LogP contribution in [0.1, 0.15) is 54.1 Å². The Morgan fingerprint density at radius 1 is 1.04 bits per heavy atom. The van der Waals surface area contributed by atoms with E-state index in [1.165, 1.54) is 0 Å². The fourth-order valence-electron chi connectivity index (χ4n) is 3.97. The minimum absolute atomic E-state index is 0.0536. The van der Waals surface area contributed by atoms with Crippen molar-refractivity contribution in [3.05, 3.63) is 59.9 Å². The number of pyridine rings is 1. The molecule has 2 amide bonds. The molecule has 134 valence electrons. The van der Waals surface area contributed by atoms with Gasteiger partial charge in [-0.25, -0.2) is 0 Å². The second-order valence-electron chi connectivity index (χ2n) is 6.99.